The number of aliphatic hydroxyl groups excluding tert-OH is 1. The zero-order chi connectivity index (χ0) is 22.0. The molecule has 4 aromatic rings. The number of H-pyrrole nitrogens is 1. The Labute approximate surface area is 175 Å². The van der Waals surface area contributed by atoms with Crippen LogP contribution in [0.1, 0.15) is 23.2 Å². The summed E-state index contributed by atoms with van der Waals surface area (Å²) in [5.41, 5.74) is 0.835. The quantitative estimate of drug-likeness (QED) is 0.291. The number of para-hydroxylation sites is 2. The van der Waals surface area contributed by atoms with Crippen molar-refractivity contribution in [1.82, 2.24) is 19.7 Å². The number of nitrogens with zero attached hydrogens (tertiary/aromatic N) is 4. The Bertz CT molecular complexity index is 1410. The highest BCUT2D eigenvalue weighted by Gasteiger charge is 2.20. The molecule has 9 heteroatoms. The van der Waals surface area contributed by atoms with Crippen molar-refractivity contribution in [1.29, 1.82) is 5.26 Å². The minimum absolute atomic E-state index is 0.0490. The number of rotatable bonds is 5. The molecule has 0 fully saturated rings. The summed E-state index contributed by atoms with van der Waals surface area (Å²) in [6.07, 6.45) is 0. The molecule has 2 aromatic carbocycles. The van der Waals surface area contributed by atoms with Gasteiger partial charge in [-0.3, -0.25) is 4.79 Å². The first-order valence-electron chi connectivity index (χ1n) is 9.47. The number of benzene rings is 2. The zero-order valence-corrected chi connectivity index (χ0v) is 16.5. The minimum atomic E-state index is -0.827. The molecule has 2 heterocycles. The van der Waals surface area contributed by atoms with E-state index in [1.165, 1.54) is 4.68 Å². The fraction of sp³-hybridized carbons (Fsp3) is 0.136. The van der Waals surface area contributed by atoms with E-state index in [0.29, 0.717) is 21.8 Å². The summed E-state index contributed by atoms with van der Waals surface area (Å²) in [4.78, 5) is 32.3. The van der Waals surface area contributed by atoms with Crippen LogP contribution in [0.4, 0.5) is 0 Å². The third kappa shape index (κ3) is 3.62. The van der Waals surface area contributed by atoms with Gasteiger partial charge in [-0.15, -0.1) is 0 Å². The van der Waals surface area contributed by atoms with Crippen LogP contribution in [-0.4, -0.2) is 37.4 Å². The lowest BCUT2D eigenvalue weighted by Gasteiger charge is -2.10. The SMILES string of the molecule is CCn1nc(C(=O)OC/C(O)=C(\C#N)c2nc3ccccc3[nH]2)c2ccccc2c1=O. The molecule has 0 saturated carbocycles. The lowest BCUT2D eigenvalue weighted by atomic mass is 10.1. The number of imidazole rings is 1. The van der Waals surface area contributed by atoms with Gasteiger partial charge in [0.25, 0.3) is 5.56 Å². The number of allylic oxidation sites excluding steroid dienone is 1. The molecule has 0 amide bonds. The Morgan fingerprint density at radius 2 is 1.90 bits per heavy atom. The van der Waals surface area contributed by atoms with Gasteiger partial charge in [0, 0.05) is 11.9 Å². The molecule has 0 aliphatic heterocycles. The zero-order valence-electron chi connectivity index (χ0n) is 16.5. The summed E-state index contributed by atoms with van der Waals surface area (Å²) in [7, 11) is 0. The van der Waals surface area contributed by atoms with Crippen molar-refractivity contribution < 1.29 is 14.6 Å². The molecule has 154 valence electrons. The molecular formula is C22H17N5O4. The fourth-order valence-corrected chi connectivity index (χ4v) is 3.20. The normalized spacial score (nSPS) is 11.9. The average Bonchev–Trinajstić information content (AvgIpc) is 3.22. The van der Waals surface area contributed by atoms with Gasteiger partial charge in [-0.1, -0.05) is 30.3 Å². The Hall–Kier alpha value is -4.45. The molecule has 0 aliphatic rings. The van der Waals surface area contributed by atoms with E-state index in [0.717, 1.165) is 0 Å². The third-order valence-corrected chi connectivity index (χ3v) is 4.73. The van der Waals surface area contributed by atoms with E-state index in [9.17, 15) is 20.0 Å². The number of carbonyl (C=O) groups excluding carboxylic acids is 1. The second-order valence-corrected chi connectivity index (χ2v) is 6.63. The molecule has 0 aliphatic carbocycles. The van der Waals surface area contributed by atoms with Crippen molar-refractivity contribution in [2.24, 2.45) is 0 Å². The number of aliphatic hydroxyl groups is 1. The van der Waals surface area contributed by atoms with E-state index in [2.05, 4.69) is 15.1 Å². The molecular weight excluding hydrogens is 398 g/mol. The van der Waals surface area contributed by atoms with E-state index in [1.54, 1.807) is 49.4 Å². The number of nitriles is 1. The van der Waals surface area contributed by atoms with Gasteiger partial charge in [0.2, 0.25) is 0 Å². The second-order valence-electron chi connectivity index (χ2n) is 6.63. The van der Waals surface area contributed by atoms with Crippen molar-refractivity contribution in [3.8, 4) is 6.07 Å². The van der Waals surface area contributed by atoms with Gasteiger partial charge >= 0.3 is 5.97 Å². The van der Waals surface area contributed by atoms with Crippen molar-refractivity contribution in [2.45, 2.75) is 13.5 Å². The number of aromatic amines is 1. The summed E-state index contributed by atoms with van der Waals surface area (Å²) in [5.74, 6) is -1.12. The van der Waals surface area contributed by atoms with Gasteiger partial charge in [-0.25, -0.2) is 14.5 Å². The Morgan fingerprint density at radius 3 is 2.61 bits per heavy atom. The molecule has 2 N–H and O–H groups in total. The highest BCUT2D eigenvalue weighted by molar-refractivity contribution is 6.02. The predicted molar refractivity (Wildman–Crippen MR) is 113 cm³/mol. The van der Waals surface area contributed by atoms with Crippen LogP contribution in [0.2, 0.25) is 0 Å². The Balaban J connectivity index is 1.64. The molecule has 0 radical (unpaired) electrons. The smallest absolute Gasteiger partial charge is 0.359 e. The molecule has 0 unspecified atom stereocenters. The van der Waals surface area contributed by atoms with Gasteiger partial charge in [0.15, 0.2) is 17.3 Å². The minimum Gasteiger partial charge on any atom is -0.507 e. The number of carbonyl (C=O) groups is 1. The van der Waals surface area contributed by atoms with Gasteiger partial charge in [0.1, 0.15) is 18.2 Å². The number of aromatic nitrogens is 4. The van der Waals surface area contributed by atoms with Crippen LogP contribution in [0.3, 0.4) is 0 Å². The molecule has 9 nitrogen and oxygen atoms in total. The Morgan fingerprint density at radius 1 is 1.19 bits per heavy atom. The van der Waals surface area contributed by atoms with Crippen LogP contribution in [0.5, 0.6) is 0 Å². The largest absolute Gasteiger partial charge is 0.507 e. The number of aryl methyl sites for hydroxylation is 1. The molecule has 0 spiro atoms. The van der Waals surface area contributed by atoms with Crippen LogP contribution < -0.4 is 5.56 Å². The Kier molecular flexibility index (Phi) is 5.20. The number of esters is 1. The fourth-order valence-electron chi connectivity index (χ4n) is 3.20. The lowest BCUT2D eigenvalue weighted by molar-refractivity contribution is 0.0495. The van der Waals surface area contributed by atoms with Gasteiger partial charge in [-0.05, 0) is 25.1 Å². The average molecular weight is 415 g/mol. The van der Waals surface area contributed by atoms with Crippen LogP contribution >= 0.6 is 0 Å². The number of hydrogen-bond donors (Lipinski definition) is 2. The van der Waals surface area contributed by atoms with Crippen molar-refractivity contribution in [3.63, 3.8) is 0 Å². The maximum Gasteiger partial charge on any atom is 0.359 e. The molecule has 0 saturated heterocycles. The van der Waals surface area contributed by atoms with Crippen molar-refractivity contribution in [2.75, 3.05) is 6.61 Å². The number of ether oxygens (including phenoxy) is 1. The highest BCUT2D eigenvalue weighted by Crippen LogP contribution is 2.19. The lowest BCUT2D eigenvalue weighted by Crippen LogP contribution is -2.26. The standard InChI is InChI=1S/C22H17N5O4/c1-2-27-21(29)14-8-4-3-7-13(14)19(26-27)22(30)31-12-18(28)15(11-23)20-24-16-9-5-6-10-17(16)25-20/h3-10,28H,2,12H2,1H3,(H,24,25)/b18-15-. The van der Waals surface area contributed by atoms with E-state index >= 15 is 0 Å². The third-order valence-electron chi connectivity index (χ3n) is 4.73. The molecule has 0 atom stereocenters. The van der Waals surface area contributed by atoms with Crippen LogP contribution in [0.15, 0.2) is 59.1 Å². The topological polar surface area (TPSA) is 134 Å². The molecule has 31 heavy (non-hydrogen) atoms. The van der Waals surface area contributed by atoms with Crippen LogP contribution in [0.25, 0.3) is 27.4 Å². The summed E-state index contributed by atoms with van der Waals surface area (Å²) >= 11 is 0. The maximum absolute atomic E-state index is 12.7. The van der Waals surface area contributed by atoms with Gasteiger partial charge < -0.3 is 14.8 Å². The van der Waals surface area contributed by atoms with E-state index in [1.807, 2.05) is 12.1 Å². The second kappa shape index (κ2) is 8.12. The van der Waals surface area contributed by atoms with E-state index in [4.69, 9.17) is 4.74 Å². The first-order chi connectivity index (χ1) is 15.0. The summed E-state index contributed by atoms with van der Waals surface area (Å²) in [6, 6.07) is 15.6. The van der Waals surface area contributed by atoms with Crippen molar-refractivity contribution in [3.05, 3.63) is 76.2 Å². The highest BCUT2D eigenvalue weighted by atomic mass is 16.5. The predicted octanol–water partition coefficient (Wildman–Crippen LogP) is 2.94. The van der Waals surface area contributed by atoms with Crippen LogP contribution in [0, 0.1) is 11.3 Å². The van der Waals surface area contributed by atoms with Gasteiger partial charge in [0.05, 0.1) is 16.4 Å². The van der Waals surface area contributed by atoms with E-state index < -0.39 is 18.3 Å². The summed E-state index contributed by atoms with van der Waals surface area (Å²) in [6.45, 7) is 1.46. The van der Waals surface area contributed by atoms with Gasteiger partial charge in [-0.2, -0.15) is 10.4 Å². The summed E-state index contributed by atoms with van der Waals surface area (Å²) < 4.78 is 6.37. The molecule has 4 rings (SSSR count). The van der Waals surface area contributed by atoms with E-state index in [-0.39, 0.29) is 29.2 Å². The maximum atomic E-state index is 12.7. The molecule has 0 bridgehead atoms. The van der Waals surface area contributed by atoms with Crippen LogP contribution in [-0.2, 0) is 11.3 Å². The van der Waals surface area contributed by atoms with Crippen molar-refractivity contribution >= 4 is 33.3 Å². The molecule has 2 aromatic heterocycles. The number of nitrogens with one attached hydrogen (secondary N) is 1. The summed E-state index contributed by atoms with van der Waals surface area (Å²) in [5, 5.41) is 24.7. The first kappa shape index (κ1) is 19.8. The first-order valence-corrected chi connectivity index (χ1v) is 9.47. The number of hydrogen-bond acceptors (Lipinski definition) is 7. The monoisotopic (exact) mass is 415 g/mol. The number of fused-ring (bicyclic) bond motifs is 2.